The molecule has 2 rings (SSSR count). The SMILES string of the molecule is Cl.NCC(F)(F)CNC(=O)C1Cc2ccccc2O1. The van der Waals surface area contributed by atoms with Gasteiger partial charge in [0.2, 0.25) is 0 Å². The van der Waals surface area contributed by atoms with Crippen LogP contribution in [0, 0.1) is 0 Å². The lowest BCUT2D eigenvalue weighted by Crippen LogP contribution is -2.46. The van der Waals surface area contributed by atoms with Crippen LogP contribution in [-0.2, 0) is 11.2 Å². The number of ether oxygens (including phenoxy) is 1. The lowest BCUT2D eigenvalue weighted by Gasteiger charge is -2.16. The Labute approximate surface area is 115 Å². The van der Waals surface area contributed by atoms with Crippen molar-refractivity contribution >= 4 is 18.3 Å². The van der Waals surface area contributed by atoms with Gasteiger partial charge in [-0.05, 0) is 11.6 Å². The van der Waals surface area contributed by atoms with E-state index in [0.29, 0.717) is 12.2 Å². The van der Waals surface area contributed by atoms with Crippen LogP contribution in [0.25, 0.3) is 0 Å². The van der Waals surface area contributed by atoms with Gasteiger partial charge in [-0.25, -0.2) is 8.78 Å². The third-order valence-corrected chi connectivity index (χ3v) is 2.76. The number of benzene rings is 1. The van der Waals surface area contributed by atoms with Gasteiger partial charge in [0.25, 0.3) is 11.8 Å². The fourth-order valence-electron chi connectivity index (χ4n) is 1.73. The van der Waals surface area contributed by atoms with E-state index in [9.17, 15) is 13.6 Å². The van der Waals surface area contributed by atoms with E-state index in [4.69, 9.17) is 10.5 Å². The Kier molecular flexibility index (Phi) is 5.08. The molecule has 0 aliphatic carbocycles. The van der Waals surface area contributed by atoms with Crippen LogP contribution in [0.15, 0.2) is 24.3 Å². The zero-order valence-corrected chi connectivity index (χ0v) is 10.9. The fraction of sp³-hybridized carbons (Fsp3) is 0.417. The number of hydrogen-bond donors (Lipinski definition) is 2. The largest absolute Gasteiger partial charge is 0.480 e. The molecule has 3 N–H and O–H groups in total. The van der Waals surface area contributed by atoms with Crippen molar-refractivity contribution in [2.45, 2.75) is 18.4 Å². The number of para-hydroxylation sites is 1. The van der Waals surface area contributed by atoms with Gasteiger partial charge in [0.1, 0.15) is 5.75 Å². The Hall–Kier alpha value is -1.40. The summed E-state index contributed by atoms with van der Waals surface area (Å²) in [6.45, 7) is -1.56. The summed E-state index contributed by atoms with van der Waals surface area (Å²) in [4.78, 5) is 11.7. The number of fused-ring (bicyclic) bond motifs is 1. The second kappa shape index (κ2) is 6.16. The molecule has 0 radical (unpaired) electrons. The van der Waals surface area contributed by atoms with Crippen LogP contribution < -0.4 is 15.8 Å². The molecule has 1 aromatic carbocycles. The Bertz CT molecular complexity index is 432. The Morgan fingerprint density at radius 3 is 2.79 bits per heavy atom. The first-order valence-electron chi connectivity index (χ1n) is 5.62. The smallest absolute Gasteiger partial charge is 0.277 e. The first kappa shape index (κ1) is 15.7. The molecule has 1 atom stereocenters. The quantitative estimate of drug-likeness (QED) is 0.874. The molecule has 0 fully saturated rings. The highest BCUT2D eigenvalue weighted by atomic mass is 35.5. The molecule has 7 heteroatoms. The predicted octanol–water partition coefficient (Wildman–Crippen LogP) is 1.12. The summed E-state index contributed by atoms with van der Waals surface area (Å²) >= 11 is 0. The lowest BCUT2D eigenvalue weighted by atomic mass is 10.1. The normalized spacial score (nSPS) is 17.1. The van der Waals surface area contributed by atoms with Crippen molar-refractivity contribution in [1.82, 2.24) is 5.32 Å². The van der Waals surface area contributed by atoms with Crippen LogP contribution in [0.1, 0.15) is 5.56 Å². The third kappa shape index (κ3) is 3.78. The number of carbonyl (C=O) groups is 1. The highest BCUT2D eigenvalue weighted by Crippen LogP contribution is 2.28. The number of alkyl halides is 2. The van der Waals surface area contributed by atoms with E-state index in [1.807, 2.05) is 12.1 Å². The maximum atomic E-state index is 12.9. The van der Waals surface area contributed by atoms with E-state index in [2.05, 4.69) is 5.32 Å². The number of halogens is 3. The molecule has 0 saturated carbocycles. The number of hydrogen-bond acceptors (Lipinski definition) is 3. The molecular weight excluding hydrogens is 278 g/mol. The number of rotatable bonds is 4. The van der Waals surface area contributed by atoms with E-state index >= 15 is 0 Å². The molecule has 0 saturated heterocycles. The highest BCUT2D eigenvalue weighted by molar-refractivity contribution is 5.85. The summed E-state index contributed by atoms with van der Waals surface area (Å²) in [6, 6.07) is 7.22. The summed E-state index contributed by atoms with van der Waals surface area (Å²) < 4.78 is 31.1. The summed E-state index contributed by atoms with van der Waals surface area (Å²) in [5, 5.41) is 2.16. The highest BCUT2D eigenvalue weighted by Gasteiger charge is 2.32. The Morgan fingerprint density at radius 2 is 2.16 bits per heavy atom. The molecule has 1 heterocycles. The van der Waals surface area contributed by atoms with Gasteiger partial charge < -0.3 is 15.8 Å². The van der Waals surface area contributed by atoms with E-state index < -0.39 is 31.0 Å². The van der Waals surface area contributed by atoms with Gasteiger partial charge >= 0.3 is 0 Å². The van der Waals surface area contributed by atoms with Crippen LogP contribution in [0.3, 0.4) is 0 Å². The summed E-state index contributed by atoms with van der Waals surface area (Å²) in [7, 11) is 0. The zero-order chi connectivity index (χ0) is 13.2. The molecule has 1 aliphatic rings. The molecule has 0 bridgehead atoms. The first-order chi connectivity index (χ1) is 8.52. The minimum Gasteiger partial charge on any atom is -0.480 e. The molecule has 1 aliphatic heterocycles. The summed E-state index contributed by atoms with van der Waals surface area (Å²) in [5.41, 5.74) is 5.79. The van der Waals surface area contributed by atoms with E-state index in [0.717, 1.165) is 5.56 Å². The summed E-state index contributed by atoms with van der Waals surface area (Å²) in [5.74, 6) is -3.00. The topological polar surface area (TPSA) is 64.3 Å². The molecule has 19 heavy (non-hydrogen) atoms. The van der Waals surface area contributed by atoms with E-state index in [1.165, 1.54) is 0 Å². The minimum absolute atomic E-state index is 0. The fourth-order valence-corrected chi connectivity index (χ4v) is 1.73. The average Bonchev–Trinajstić information content (AvgIpc) is 2.80. The Morgan fingerprint density at radius 1 is 1.47 bits per heavy atom. The standard InChI is InChI=1S/C12H14F2N2O2.ClH/c13-12(14,6-15)7-16-11(17)10-5-8-3-1-2-4-9(8)18-10;/h1-4,10H,5-7,15H2,(H,16,17);1H. The molecule has 1 aromatic rings. The van der Waals surface area contributed by atoms with Crippen LogP contribution in [0.4, 0.5) is 8.78 Å². The van der Waals surface area contributed by atoms with Crippen molar-refractivity contribution in [3.05, 3.63) is 29.8 Å². The molecule has 1 unspecified atom stereocenters. The molecule has 1 amide bonds. The monoisotopic (exact) mass is 292 g/mol. The predicted molar refractivity (Wildman–Crippen MR) is 68.8 cm³/mol. The zero-order valence-electron chi connectivity index (χ0n) is 10.1. The van der Waals surface area contributed by atoms with Crippen molar-refractivity contribution < 1.29 is 18.3 Å². The molecular formula is C12H15ClF2N2O2. The van der Waals surface area contributed by atoms with Crippen LogP contribution in [0.2, 0.25) is 0 Å². The van der Waals surface area contributed by atoms with Gasteiger partial charge in [-0.15, -0.1) is 12.4 Å². The number of carbonyl (C=O) groups excluding carboxylic acids is 1. The van der Waals surface area contributed by atoms with Crippen molar-refractivity contribution in [2.75, 3.05) is 13.1 Å². The van der Waals surface area contributed by atoms with Crippen molar-refractivity contribution in [3.63, 3.8) is 0 Å². The third-order valence-electron chi connectivity index (χ3n) is 2.76. The van der Waals surface area contributed by atoms with Gasteiger partial charge in [0.15, 0.2) is 6.10 Å². The van der Waals surface area contributed by atoms with Crippen LogP contribution in [0.5, 0.6) is 5.75 Å². The molecule has 0 aromatic heterocycles. The van der Waals surface area contributed by atoms with Crippen molar-refractivity contribution in [3.8, 4) is 5.75 Å². The number of amides is 1. The molecule has 106 valence electrons. The maximum absolute atomic E-state index is 12.9. The van der Waals surface area contributed by atoms with Gasteiger partial charge in [0, 0.05) is 6.42 Å². The van der Waals surface area contributed by atoms with Crippen LogP contribution in [-0.4, -0.2) is 31.0 Å². The summed E-state index contributed by atoms with van der Waals surface area (Å²) in [6.07, 6.45) is -0.341. The second-order valence-electron chi connectivity index (χ2n) is 4.20. The number of nitrogens with one attached hydrogen (secondary N) is 1. The van der Waals surface area contributed by atoms with Gasteiger partial charge in [-0.3, -0.25) is 4.79 Å². The van der Waals surface area contributed by atoms with Crippen molar-refractivity contribution in [1.29, 1.82) is 0 Å². The molecule has 4 nitrogen and oxygen atoms in total. The minimum atomic E-state index is -3.08. The van der Waals surface area contributed by atoms with Gasteiger partial charge in [-0.2, -0.15) is 0 Å². The van der Waals surface area contributed by atoms with E-state index in [1.54, 1.807) is 12.1 Å². The van der Waals surface area contributed by atoms with Gasteiger partial charge in [0.05, 0.1) is 13.1 Å². The van der Waals surface area contributed by atoms with E-state index in [-0.39, 0.29) is 12.4 Å². The maximum Gasteiger partial charge on any atom is 0.277 e. The Balaban J connectivity index is 0.00000180. The van der Waals surface area contributed by atoms with Crippen molar-refractivity contribution in [2.24, 2.45) is 5.73 Å². The average molecular weight is 293 g/mol. The van der Waals surface area contributed by atoms with Crippen LogP contribution >= 0.6 is 12.4 Å². The molecule has 0 spiro atoms. The number of nitrogens with two attached hydrogens (primary N) is 1. The second-order valence-corrected chi connectivity index (χ2v) is 4.20. The first-order valence-corrected chi connectivity index (χ1v) is 5.62. The lowest BCUT2D eigenvalue weighted by molar-refractivity contribution is -0.129. The van der Waals surface area contributed by atoms with Gasteiger partial charge in [-0.1, -0.05) is 18.2 Å².